The van der Waals surface area contributed by atoms with Crippen LogP contribution in [0.4, 0.5) is 5.82 Å². The third kappa shape index (κ3) is 9.64. The van der Waals surface area contributed by atoms with Gasteiger partial charge in [-0.05, 0) is 105 Å². The fraction of sp³-hybridized carbons (Fsp3) is 0.854. The number of likely N-dealkylation sites (N-methyl/N-ethyl adjacent to an activating group) is 1. The molecule has 0 amide bonds. The Bertz CT molecular complexity index is 1450. The lowest BCUT2D eigenvalue weighted by Crippen LogP contribution is -2.60. The number of hydrogen-bond donors (Lipinski definition) is 4. The minimum atomic E-state index is -1.71. The number of pyridine rings is 1. The van der Waals surface area contributed by atoms with E-state index in [-0.39, 0.29) is 42.8 Å². The van der Waals surface area contributed by atoms with Crippen LogP contribution in [0.15, 0.2) is 12.1 Å². The topological polar surface area (TPSA) is 155 Å². The highest BCUT2D eigenvalue weighted by Gasteiger charge is 2.58. The van der Waals surface area contributed by atoms with Crippen molar-refractivity contribution in [3.8, 4) is 0 Å². The van der Waals surface area contributed by atoms with Gasteiger partial charge in [-0.15, -0.1) is 0 Å². The largest absolute Gasteiger partial charge is 0.459 e. The van der Waals surface area contributed by atoms with E-state index in [4.69, 9.17) is 35.3 Å². The average molecular weight is 797 g/mol. The number of carbonyl (C=O) groups is 1. The predicted octanol–water partition coefficient (Wildman–Crippen LogP) is 4.30. The number of piperidine rings is 1. The Labute approximate surface area is 333 Å². The van der Waals surface area contributed by atoms with Gasteiger partial charge in [0.15, 0.2) is 5.79 Å². The second-order valence-electron chi connectivity index (χ2n) is 17.8. The molecule has 4 aliphatic rings. The van der Waals surface area contributed by atoms with Crippen LogP contribution in [0.3, 0.4) is 0 Å². The Balaban J connectivity index is 1.60. The highest BCUT2D eigenvalue weighted by atomic mass is 35.5. The summed E-state index contributed by atoms with van der Waals surface area (Å²) in [4.78, 5) is 23.2. The molecule has 14 atom stereocenters. The number of carbonyl (C=O) groups excluding carboxylic acids is 1. The Morgan fingerprint density at radius 2 is 1.78 bits per heavy atom. The number of nitrogens with zero attached hydrogens (tertiary/aromatic N) is 3. The van der Waals surface area contributed by atoms with Crippen LogP contribution in [-0.2, 0) is 35.1 Å². The van der Waals surface area contributed by atoms with Crippen molar-refractivity contribution in [1.29, 1.82) is 0 Å². The van der Waals surface area contributed by atoms with Gasteiger partial charge in [0.05, 0.1) is 48.6 Å². The average Bonchev–Trinajstić information content (AvgIpc) is 3.20. The van der Waals surface area contributed by atoms with Gasteiger partial charge in [0, 0.05) is 43.9 Å². The SMILES string of the molecule is CC[C@H]1OC(=O)[C@H](C)[C@H]2OC3(CCN(c4cc(CO)cc(Cl)n4)CC3)O[C@](C)(C[C@@H](C)CN[C@H](C)[C@@H](O)[C@]1(C)O)[C@H](O[C@H]1[C@H](C)O[C@H](C)C[C@@H]1N(C)C)[C@H]2C. The molecule has 0 radical (unpaired) electrons. The number of cyclic esters (lactones) is 1. The standard InChI is InChI=1S/C41H69ClN4O9/c1-12-31-40(9,50)36(48)27(6)43-21-23(2)20-39(8)37(53-35-28(7)51-24(3)17-30(35)45(10)11)25(4)34(26(5)38(49)52-31)54-41(55-39)13-15-46(16-14-41)33-19-29(22-47)18-32(42)44-33/h18-19,23-28,30-31,34-37,43,47-48,50H,12-17,20-22H2,1-11H3/t23-,24-,25+,26-,27-,28+,30+,31-,34+,35+,36-,37-,39-,40-/m1/s1. The smallest absolute Gasteiger partial charge is 0.311 e. The molecular formula is C41H69ClN4O9. The van der Waals surface area contributed by atoms with Gasteiger partial charge in [-0.2, -0.15) is 0 Å². The van der Waals surface area contributed by atoms with Crippen LogP contribution in [0.1, 0.15) is 100.0 Å². The lowest BCUT2D eigenvalue weighted by molar-refractivity contribution is -0.313. The first-order valence-corrected chi connectivity index (χ1v) is 20.8. The molecule has 13 nitrogen and oxygen atoms in total. The number of halogens is 1. The van der Waals surface area contributed by atoms with Gasteiger partial charge in [-0.3, -0.25) is 4.79 Å². The summed E-state index contributed by atoms with van der Waals surface area (Å²) in [6, 6.07) is 3.08. The van der Waals surface area contributed by atoms with E-state index in [1.165, 1.54) is 6.92 Å². The van der Waals surface area contributed by atoms with Gasteiger partial charge in [-0.25, -0.2) is 4.98 Å². The molecule has 1 aromatic rings. The summed E-state index contributed by atoms with van der Waals surface area (Å²) in [7, 11) is 4.15. The second kappa shape index (κ2) is 17.7. The molecule has 0 aliphatic carbocycles. The Kier molecular flexibility index (Phi) is 14.3. The van der Waals surface area contributed by atoms with Crippen LogP contribution in [0.5, 0.6) is 0 Å². The first-order chi connectivity index (χ1) is 25.7. The zero-order valence-corrected chi connectivity index (χ0v) is 35.7. The van der Waals surface area contributed by atoms with Gasteiger partial charge < -0.3 is 54.1 Å². The first kappa shape index (κ1) is 44.5. The number of hydrogen-bond acceptors (Lipinski definition) is 13. The molecule has 0 saturated carbocycles. The number of anilines is 1. The second-order valence-corrected chi connectivity index (χ2v) is 18.2. The number of aliphatic hydroxyl groups excluding tert-OH is 2. The molecular weight excluding hydrogens is 728 g/mol. The molecule has 5 rings (SSSR count). The Hall–Kier alpha value is -1.65. The van der Waals surface area contributed by atoms with E-state index in [1.54, 1.807) is 6.07 Å². The number of aliphatic hydroxyl groups is 3. The summed E-state index contributed by atoms with van der Waals surface area (Å²) < 4.78 is 34.7. The van der Waals surface area contributed by atoms with Crippen LogP contribution in [-0.4, -0.2) is 137 Å². The Morgan fingerprint density at radius 1 is 1.11 bits per heavy atom. The fourth-order valence-corrected chi connectivity index (χ4v) is 10.0. The van der Waals surface area contributed by atoms with Crippen molar-refractivity contribution < 1.29 is 43.8 Å². The van der Waals surface area contributed by atoms with Crippen molar-refractivity contribution in [2.24, 2.45) is 17.8 Å². The first-order valence-electron chi connectivity index (χ1n) is 20.5. The van der Waals surface area contributed by atoms with Gasteiger partial charge in [-0.1, -0.05) is 32.4 Å². The summed E-state index contributed by atoms with van der Waals surface area (Å²) in [6.07, 6.45) is -1.21. The number of esters is 1. The van der Waals surface area contributed by atoms with Crippen LogP contribution in [0.25, 0.3) is 0 Å². The molecule has 1 spiro atoms. The van der Waals surface area contributed by atoms with E-state index >= 15 is 0 Å². The zero-order valence-electron chi connectivity index (χ0n) is 35.0. The van der Waals surface area contributed by atoms with Gasteiger partial charge in [0.2, 0.25) is 0 Å². The number of aromatic nitrogens is 1. The van der Waals surface area contributed by atoms with E-state index < -0.39 is 59.3 Å². The van der Waals surface area contributed by atoms with Crippen molar-refractivity contribution >= 4 is 23.4 Å². The highest BCUT2D eigenvalue weighted by Crippen LogP contribution is 2.48. The maximum absolute atomic E-state index is 14.3. The van der Waals surface area contributed by atoms with Gasteiger partial charge in [0.1, 0.15) is 28.8 Å². The highest BCUT2D eigenvalue weighted by molar-refractivity contribution is 6.29. The van der Waals surface area contributed by atoms with Gasteiger partial charge >= 0.3 is 5.97 Å². The molecule has 1 aromatic heterocycles. The predicted molar refractivity (Wildman–Crippen MR) is 211 cm³/mol. The Morgan fingerprint density at radius 3 is 2.40 bits per heavy atom. The van der Waals surface area contributed by atoms with Crippen molar-refractivity contribution in [3.05, 3.63) is 22.8 Å². The van der Waals surface area contributed by atoms with Crippen LogP contribution in [0.2, 0.25) is 5.15 Å². The molecule has 4 aliphatic heterocycles. The number of rotatable bonds is 6. The molecule has 14 heteroatoms. The third-order valence-electron chi connectivity index (χ3n) is 12.8. The summed E-state index contributed by atoms with van der Waals surface area (Å²) in [5.74, 6) is -2.04. The summed E-state index contributed by atoms with van der Waals surface area (Å²) in [6.45, 7) is 19.0. The van der Waals surface area contributed by atoms with Crippen LogP contribution in [0, 0.1) is 17.8 Å². The van der Waals surface area contributed by atoms with E-state index in [0.29, 0.717) is 61.9 Å². The minimum Gasteiger partial charge on any atom is -0.459 e. The molecule has 2 bridgehead atoms. The fourth-order valence-electron chi connectivity index (χ4n) is 9.78. The molecule has 5 heterocycles. The maximum Gasteiger partial charge on any atom is 0.311 e. The van der Waals surface area contributed by atoms with Gasteiger partial charge in [0.25, 0.3) is 0 Å². The summed E-state index contributed by atoms with van der Waals surface area (Å²) in [5.41, 5.74) is -1.94. The van der Waals surface area contributed by atoms with E-state index in [1.807, 2.05) is 26.8 Å². The zero-order chi connectivity index (χ0) is 40.6. The quantitative estimate of drug-likeness (QED) is 0.239. The summed E-state index contributed by atoms with van der Waals surface area (Å²) >= 11 is 6.36. The van der Waals surface area contributed by atoms with E-state index in [2.05, 4.69) is 68.8 Å². The monoisotopic (exact) mass is 796 g/mol. The molecule has 4 N–H and O–H groups in total. The van der Waals surface area contributed by atoms with Crippen molar-refractivity contribution in [1.82, 2.24) is 15.2 Å². The molecule has 55 heavy (non-hydrogen) atoms. The van der Waals surface area contributed by atoms with Crippen molar-refractivity contribution in [2.75, 3.05) is 38.6 Å². The lowest BCUT2D eigenvalue weighted by Gasteiger charge is -2.50. The maximum atomic E-state index is 14.3. The number of nitrogens with one attached hydrogen (secondary N) is 1. The van der Waals surface area contributed by atoms with E-state index in [0.717, 1.165) is 6.42 Å². The normalized spacial score (nSPS) is 42.1. The molecule has 4 saturated heterocycles. The molecule has 0 aromatic carbocycles. The summed E-state index contributed by atoms with van der Waals surface area (Å²) in [5, 5.41) is 36.7. The van der Waals surface area contributed by atoms with Crippen molar-refractivity contribution in [2.45, 2.75) is 173 Å². The van der Waals surface area contributed by atoms with Crippen LogP contribution >= 0.6 is 11.6 Å². The van der Waals surface area contributed by atoms with Crippen molar-refractivity contribution in [3.63, 3.8) is 0 Å². The van der Waals surface area contributed by atoms with E-state index in [9.17, 15) is 20.1 Å². The number of ether oxygens (including phenoxy) is 5. The number of fused-ring (bicyclic) bond motifs is 3. The third-order valence-corrected chi connectivity index (χ3v) is 13.0. The molecule has 0 unspecified atom stereocenters. The minimum absolute atomic E-state index is 0.0382. The molecule has 314 valence electrons. The molecule has 4 fully saturated rings. The van der Waals surface area contributed by atoms with Crippen LogP contribution < -0.4 is 10.2 Å². The lowest BCUT2D eigenvalue weighted by atomic mass is 9.77.